The highest BCUT2D eigenvalue weighted by Crippen LogP contribution is 2.28. The quantitative estimate of drug-likeness (QED) is 0.917. The number of para-hydroxylation sites is 2. The maximum absolute atomic E-state index is 12.7. The molecule has 5 heteroatoms. The Morgan fingerprint density at radius 2 is 2.10 bits per heavy atom. The predicted molar refractivity (Wildman–Crippen MR) is 84.1 cm³/mol. The number of carbonyl (C=O) groups is 1. The SMILES string of the molecule is CCNc1ccncc1C(=O)N(C)c1ccccc1OC. The summed E-state index contributed by atoms with van der Waals surface area (Å²) in [5.74, 6) is 0.519. The molecule has 0 radical (unpaired) electrons. The Balaban J connectivity index is 2.35. The number of pyridine rings is 1. The second-order valence-electron chi connectivity index (χ2n) is 4.49. The molecule has 5 nitrogen and oxygen atoms in total. The van der Waals surface area contributed by atoms with Crippen LogP contribution in [0.2, 0.25) is 0 Å². The highest BCUT2D eigenvalue weighted by Gasteiger charge is 2.19. The molecule has 0 saturated heterocycles. The third-order valence-corrected chi connectivity index (χ3v) is 3.17. The van der Waals surface area contributed by atoms with Crippen molar-refractivity contribution in [3.8, 4) is 5.75 Å². The first-order chi connectivity index (χ1) is 10.2. The van der Waals surface area contributed by atoms with Gasteiger partial charge >= 0.3 is 0 Å². The fourth-order valence-electron chi connectivity index (χ4n) is 2.11. The average molecular weight is 285 g/mol. The lowest BCUT2D eigenvalue weighted by atomic mass is 10.2. The van der Waals surface area contributed by atoms with Gasteiger partial charge in [0.05, 0.1) is 24.0 Å². The van der Waals surface area contributed by atoms with E-state index in [1.54, 1.807) is 37.5 Å². The minimum absolute atomic E-state index is 0.136. The zero-order chi connectivity index (χ0) is 15.2. The monoisotopic (exact) mass is 285 g/mol. The lowest BCUT2D eigenvalue weighted by Gasteiger charge is -2.21. The molecule has 1 aromatic heterocycles. The number of aromatic nitrogens is 1. The van der Waals surface area contributed by atoms with Gasteiger partial charge in [-0.1, -0.05) is 12.1 Å². The summed E-state index contributed by atoms with van der Waals surface area (Å²) in [6.07, 6.45) is 3.24. The molecule has 2 aromatic rings. The summed E-state index contributed by atoms with van der Waals surface area (Å²) >= 11 is 0. The first-order valence-corrected chi connectivity index (χ1v) is 6.78. The molecule has 1 aromatic carbocycles. The Bertz CT molecular complexity index is 628. The number of hydrogen-bond acceptors (Lipinski definition) is 4. The summed E-state index contributed by atoms with van der Waals surface area (Å²) in [6, 6.07) is 9.21. The van der Waals surface area contributed by atoms with Crippen LogP contribution >= 0.6 is 0 Å². The number of nitrogens with one attached hydrogen (secondary N) is 1. The van der Waals surface area contributed by atoms with Crippen molar-refractivity contribution in [2.24, 2.45) is 0 Å². The molecule has 0 atom stereocenters. The fourth-order valence-corrected chi connectivity index (χ4v) is 2.11. The van der Waals surface area contributed by atoms with Crippen LogP contribution in [-0.4, -0.2) is 31.6 Å². The molecule has 0 bridgehead atoms. The van der Waals surface area contributed by atoms with E-state index in [0.717, 1.165) is 17.9 Å². The predicted octanol–water partition coefficient (Wildman–Crippen LogP) is 2.80. The number of nitrogens with zero attached hydrogens (tertiary/aromatic N) is 2. The molecule has 2 rings (SSSR count). The molecular formula is C16H19N3O2. The summed E-state index contributed by atoms with van der Waals surface area (Å²) in [6.45, 7) is 2.72. The first-order valence-electron chi connectivity index (χ1n) is 6.78. The molecule has 0 aliphatic carbocycles. The number of ether oxygens (including phenoxy) is 1. The molecule has 0 aliphatic rings. The Kier molecular flexibility index (Phi) is 4.77. The Morgan fingerprint density at radius 1 is 1.33 bits per heavy atom. The van der Waals surface area contributed by atoms with E-state index in [2.05, 4.69) is 10.3 Å². The highest BCUT2D eigenvalue weighted by molar-refractivity contribution is 6.09. The van der Waals surface area contributed by atoms with E-state index < -0.39 is 0 Å². The molecule has 0 saturated carbocycles. The van der Waals surface area contributed by atoms with Gasteiger partial charge in [-0.05, 0) is 25.1 Å². The minimum Gasteiger partial charge on any atom is -0.495 e. The Morgan fingerprint density at radius 3 is 2.81 bits per heavy atom. The molecule has 0 aliphatic heterocycles. The van der Waals surface area contributed by atoms with Crippen molar-refractivity contribution in [3.63, 3.8) is 0 Å². The second-order valence-corrected chi connectivity index (χ2v) is 4.49. The van der Waals surface area contributed by atoms with E-state index in [0.29, 0.717) is 11.3 Å². The maximum Gasteiger partial charge on any atom is 0.261 e. The third kappa shape index (κ3) is 3.13. The molecule has 0 spiro atoms. The van der Waals surface area contributed by atoms with Crippen molar-refractivity contribution < 1.29 is 9.53 Å². The molecule has 1 N–H and O–H groups in total. The lowest BCUT2D eigenvalue weighted by molar-refractivity contribution is 0.0993. The van der Waals surface area contributed by atoms with Crippen molar-refractivity contribution in [2.45, 2.75) is 6.92 Å². The van der Waals surface area contributed by atoms with E-state index in [1.807, 2.05) is 31.2 Å². The van der Waals surface area contributed by atoms with Gasteiger partial charge < -0.3 is 15.0 Å². The van der Waals surface area contributed by atoms with Gasteiger partial charge in [0.15, 0.2) is 0 Å². The van der Waals surface area contributed by atoms with Gasteiger partial charge in [0.1, 0.15) is 5.75 Å². The normalized spacial score (nSPS) is 10.0. The van der Waals surface area contributed by atoms with Crippen LogP contribution in [0.3, 0.4) is 0 Å². The lowest BCUT2D eigenvalue weighted by Crippen LogP contribution is -2.27. The van der Waals surface area contributed by atoms with Gasteiger partial charge in [-0.2, -0.15) is 0 Å². The van der Waals surface area contributed by atoms with Gasteiger partial charge in [-0.25, -0.2) is 0 Å². The van der Waals surface area contributed by atoms with Crippen molar-refractivity contribution in [1.82, 2.24) is 4.98 Å². The van der Waals surface area contributed by atoms with Gasteiger partial charge in [0.2, 0.25) is 0 Å². The molecule has 1 heterocycles. The van der Waals surface area contributed by atoms with Crippen LogP contribution in [0.25, 0.3) is 0 Å². The highest BCUT2D eigenvalue weighted by atomic mass is 16.5. The average Bonchev–Trinajstić information content (AvgIpc) is 2.54. The van der Waals surface area contributed by atoms with Gasteiger partial charge in [-0.15, -0.1) is 0 Å². The van der Waals surface area contributed by atoms with E-state index in [-0.39, 0.29) is 5.91 Å². The number of carbonyl (C=O) groups excluding carboxylic acids is 1. The molecule has 0 fully saturated rings. The summed E-state index contributed by atoms with van der Waals surface area (Å²) in [5.41, 5.74) is 2.03. The topological polar surface area (TPSA) is 54.5 Å². The van der Waals surface area contributed by atoms with Crippen LogP contribution in [0.1, 0.15) is 17.3 Å². The van der Waals surface area contributed by atoms with Crippen molar-refractivity contribution in [3.05, 3.63) is 48.3 Å². The van der Waals surface area contributed by atoms with E-state index in [1.165, 1.54) is 0 Å². The summed E-state index contributed by atoms with van der Waals surface area (Å²) < 4.78 is 5.31. The van der Waals surface area contributed by atoms with E-state index >= 15 is 0 Å². The Labute approximate surface area is 124 Å². The van der Waals surface area contributed by atoms with Crippen molar-refractivity contribution in [2.75, 3.05) is 30.9 Å². The molecule has 1 amide bonds. The molecular weight excluding hydrogens is 266 g/mol. The standard InChI is InChI=1S/C16H19N3O2/c1-4-18-13-9-10-17-11-12(13)16(20)19(2)14-7-5-6-8-15(14)21-3/h5-11H,4H2,1-3H3,(H,17,18). The third-order valence-electron chi connectivity index (χ3n) is 3.17. The number of anilines is 2. The minimum atomic E-state index is -0.136. The maximum atomic E-state index is 12.7. The van der Waals surface area contributed by atoms with Crippen LogP contribution in [0, 0.1) is 0 Å². The zero-order valence-corrected chi connectivity index (χ0v) is 12.5. The number of benzene rings is 1. The van der Waals surface area contributed by atoms with Gasteiger partial charge in [-0.3, -0.25) is 9.78 Å². The smallest absolute Gasteiger partial charge is 0.261 e. The van der Waals surface area contributed by atoms with Crippen LogP contribution in [0.5, 0.6) is 5.75 Å². The van der Waals surface area contributed by atoms with E-state index in [4.69, 9.17) is 4.74 Å². The first kappa shape index (κ1) is 14.8. The number of methoxy groups -OCH3 is 1. The summed E-state index contributed by atoms with van der Waals surface area (Å²) in [4.78, 5) is 18.3. The van der Waals surface area contributed by atoms with Crippen molar-refractivity contribution >= 4 is 17.3 Å². The van der Waals surface area contributed by atoms with Gasteiger partial charge in [0.25, 0.3) is 5.91 Å². The van der Waals surface area contributed by atoms with Gasteiger partial charge in [0, 0.05) is 26.0 Å². The molecule has 0 unspecified atom stereocenters. The van der Waals surface area contributed by atoms with Crippen LogP contribution in [0.15, 0.2) is 42.7 Å². The number of hydrogen-bond donors (Lipinski definition) is 1. The largest absolute Gasteiger partial charge is 0.495 e. The second kappa shape index (κ2) is 6.74. The van der Waals surface area contributed by atoms with E-state index in [9.17, 15) is 4.79 Å². The number of rotatable bonds is 5. The molecule has 21 heavy (non-hydrogen) atoms. The van der Waals surface area contributed by atoms with Crippen LogP contribution < -0.4 is 15.0 Å². The number of amides is 1. The summed E-state index contributed by atoms with van der Waals surface area (Å²) in [7, 11) is 3.31. The van der Waals surface area contributed by atoms with Crippen LogP contribution in [-0.2, 0) is 0 Å². The van der Waals surface area contributed by atoms with Crippen LogP contribution in [0.4, 0.5) is 11.4 Å². The zero-order valence-electron chi connectivity index (χ0n) is 12.5. The fraction of sp³-hybridized carbons (Fsp3) is 0.250. The Hall–Kier alpha value is -2.56. The molecule has 110 valence electrons. The van der Waals surface area contributed by atoms with Crippen molar-refractivity contribution in [1.29, 1.82) is 0 Å². The summed E-state index contributed by atoms with van der Waals surface area (Å²) in [5, 5.41) is 3.17.